The van der Waals surface area contributed by atoms with Crippen molar-refractivity contribution in [3.63, 3.8) is 0 Å². The van der Waals surface area contributed by atoms with Gasteiger partial charge in [-0.3, -0.25) is 4.79 Å². The number of ether oxygens (including phenoxy) is 3. The summed E-state index contributed by atoms with van der Waals surface area (Å²) in [4.78, 5) is 25.3. The predicted octanol–water partition coefficient (Wildman–Crippen LogP) is 1.38. The molecule has 3 rings (SSSR count). The van der Waals surface area contributed by atoms with Crippen LogP contribution in [-0.2, 0) is 9.53 Å². The fraction of sp³-hybridized carbons (Fsp3) is 0.429. The van der Waals surface area contributed by atoms with E-state index in [4.69, 9.17) is 25.8 Å². The Morgan fingerprint density at radius 2 is 2.18 bits per heavy atom. The lowest BCUT2D eigenvalue weighted by Crippen LogP contribution is -2.40. The van der Waals surface area contributed by atoms with Crippen molar-refractivity contribution in [3.05, 3.63) is 22.7 Å². The highest BCUT2D eigenvalue weighted by molar-refractivity contribution is 6.32. The molecule has 1 aromatic rings. The number of carbonyl (C=O) groups excluding carboxylic acids is 1. The van der Waals surface area contributed by atoms with Crippen LogP contribution in [0.15, 0.2) is 12.1 Å². The maximum Gasteiger partial charge on any atom is 0.326 e. The van der Waals surface area contributed by atoms with E-state index in [1.807, 2.05) is 0 Å². The number of carboxylic acids is 1. The summed E-state index contributed by atoms with van der Waals surface area (Å²) in [5.74, 6) is -0.707. The molecule has 2 atom stereocenters. The molecule has 22 heavy (non-hydrogen) atoms. The third kappa shape index (κ3) is 2.46. The number of aliphatic carboxylic acids is 1. The molecule has 8 heteroatoms. The SMILES string of the molecule is COC1CC(C(=O)O)N(C(=O)c2cc(Cl)c3c(c2)OCO3)C1. The van der Waals surface area contributed by atoms with Crippen LogP contribution >= 0.6 is 11.6 Å². The van der Waals surface area contributed by atoms with E-state index < -0.39 is 17.9 Å². The molecule has 0 saturated carbocycles. The summed E-state index contributed by atoms with van der Waals surface area (Å²) in [6.07, 6.45) is -0.0370. The molecule has 1 amide bonds. The van der Waals surface area contributed by atoms with E-state index in [0.29, 0.717) is 11.5 Å². The van der Waals surface area contributed by atoms with E-state index in [1.165, 1.54) is 24.1 Å². The van der Waals surface area contributed by atoms with E-state index in [1.54, 1.807) is 0 Å². The van der Waals surface area contributed by atoms with E-state index in [0.717, 1.165) is 0 Å². The number of likely N-dealkylation sites (tertiary alicyclic amines) is 1. The Morgan fingerprint density at radius 1 is 1.41 bits per heavy atom. The maximum atomic E-state index is 12.6. The third-order valence-electron chi connectivity index (χ3n) is 3.82. The first kappa shape index (κ1) is 14.9. The number of hydrogen-bond acceptors (Lipinski definition) is 5. The van der Waals surface area contributed by atoms with Crippen molar-refractivity contribution in [2.24, 2.45) is 0 Å². The minimum absolute atomic E-state index is 0.0416. The summed E-state index contributed by atoms with van der Waals surface area (Å²) in [7, 11) is 1.50. The van der Waals surface area contributed by atoms with Gasteiger partial charge in [0.15, 0.2) is 11.5 Å². The van der Waals surface area contributed by atoms with Gasteiger partial charge in [0.1, 0.15) is 6.04 Å². The number of nitrogens with zero attached hydrogens (tertiary/aromatic N) is 1. The van der Waals surface area contributed by atoms with Gasteiger partial charge in [-0.25, -0.2) is 4.79 Å². The largest absolute Gasteiger partial charge is 0.480 e. The van der Waals surface area contributed by atoms with Crippen LogP contribution in [0.2, 0.25) is 5.02 Å². The molecule has 0 bridgehead atoms. The fourth-order valence-electron chi connectivity index (χ4n) is 2.68. The second kappa shape index (κ2) is 5.66. The average molecular weight is 328 g/mol. The van der Waals surface area contributed by atoms with Gasteiger partial charge in [0.2, 0.25) is 6.79 Å². The molecule has 0 aromatic heterocycles. The Kier molecular flexibility index (Phi) is 3.84. The second-order valence-corrected chi connectivity index (χ2v) is 5.50. The smallest absolute Gasteiger partial charge is 0.326 e. The zero-order valence-corrected chi connectivity index (χ0v) is 12.5. The van der Waals surface area contributed by atoms with Gasteiger partial charge >= 0.3 is 5.97 Å². The number of benzene rings is 1. The number of hydrogen-bond donors (Lipinski definition) is 1. The monoisotopic (exact) mass is 327 g/mol. The van der Waals surface area contributed by atoms with E-state index in [9.17, 15) is 14.7 Å². The molecule has 2 aliphatic rings. The molecule has 0 radical (unpaired) electrons. The van der Waals surface area contributed by atoms with Crippen LogP contribution in [0.3, 0.4) is 0 Å². The van der Waals surface area contributed by atoms with Crippen LogP contribution in [0.25, 0.3) is 0 Å². The topological polar surface area (TPSA) is 85.3 Å². The summed E-state index contributed by atoms with van der Waals surface area (Å²) < 4.78 is 15.6. The Morgan fingerprint density at radius 3 is 2.86 bits per heavy atom. The number of carbonyl (C=O) groups is 2. The van der Waals surface area contributed by atoms with Gasteiger partial charge in [-0.05, 0) is 12.1 Å². The molecule has 2 unspecified atom stereocenters. The highest BCUT2D eigenvalue weighted by Gasteiger charge is 2.40. The van der Waals surface area contributed by atoms with Crippen molar-refractivity contribution in [1.82, 2.24) is 4.90 Å². The van der Waals surface area contributed by atoms with Gasteiger partial charge in [0, 0.05) is 25.6 Å². The minimum atomic E-state index is -1.06. The minimum Gasteiger partial charge on any atom is -0.480 e. The standard InChI is InChI=1S/C14H14ClNO6/c1-20-8-4-10(14(18)19)16(5-8)13(17)7-2-9(15)12-11(3-7)21-6-22-12/h2-3,8,10H,4-6H2,1H3,(H,18,19). The Bertz CT molecular complexity index is 634. The van der Waals surface area contributed by atoms with Gasteiger partial charge < -0.3 is 24.2 Å². The summed E-state index contributed by atoms with van der Waals surface area (Å²) in [5.41, 5.74) is 0.261. The highest BCUT2D eigenvalue weighted by Crippen LogP contribution is 2.40. The van der Waals surface area contributed by atoms with Gasteiger partial charge in [0.05, 0.1) is 11.1 Å². The first-order valence-corrected chi connectivity index (χ1v) is 7.04. The first-order chi connectivity index (χ1) is 10.5. The van der Waals surface area contributed by atoms with Crippen molar-refractivity contribution in [3.8, 4) is 11.5 Å². The second-order valence-electron chi connectivity index (χ2n) is 5.10. The number of methoxy groups -OCH3 is 1. The van der Waals surface area contributed by atoms with Crippen molar-refractivity contribution < 1.29 is 28.9 Å². The quantitative estimate of drug-likeness (QED) is 0.903. The first-order valence-electron chi connectivity index (χ1n) is 6.67. The molecule has 118 valence electrons. The Hall–Kier alpha value is -1.99. The molecule has 1 fully saturated rings. The Labute approximate surface area is 131 Å². The lowest BCUT2D eigenvalue weighted by Gasteiger charge is -2.21. The lowest BCUT2D eigenvalue weighted by atomic mass is 10.1. The molecule has 1 N–H and O–H groups in total. The number of halogens is 1. The molecule has 2 aliphatic heterocycles. The lowest BCUT2D eigenvalue weighted by molar-refractivity contribution is -0.141. The summed E-state index contributed by atoms with van der Waals surface area (Å²) in [6, 6.07) is 2.05. The maximum absolute atomic E-state index is 12.6. The zero-order valence-electron chi connectivity index (χ0n) is 11.7. The molecule has 1 aromatic carbocycles. The van der Waals surface area contributed by atoms with Crippen molar-refractivity contribution in [1.29, 1.82) is 0 Å². The van der Waals surface area contributed by atoms with Gasteiger partial charge in [0.25, 0.3) is 5.91 Å². The molecule has 1 saturated heterocycles. The fourth-order valence-corrected chi connectivity index (χ4v) is 2.95. The van der Waals surface area contributed by atoms with Gasteiger partial charge in [-0.15, -0.1) is 0 Å². The normalized spacial score (nSPS) is 22.9. The van der Waals surface area contributed by atoms with E-state index in [2.05, 4.69) is 0 Å². The zero-order chi connectivity index (χ0) is 15.9. The summed E-state index contributed by atoms with van der Waals surface area (Å²) in [6.45, 7) is 0.262. The molecular weight excluding hydrogens is 314 g/mol. The van der Waals surface area contributed by atoms with Crippen LogP contribution in [0.4, 0.5) is 0 Å². The van der Waals surface area contributed by atoms with E-state index in [-0.39, 0.29) is 36.4 Å². The average Bonchev–Trinajstić information content (AvgIpc) is 3.12. The van der Waals surface area contributed by atoms with Crippen LogP contribution in [0, 0.1) is 0 Å². The molecule has 7 nitrogen and oxygen atoms in total. The van der Waals surface area contributed by atoms with Crippen molar-refractivity contribution >= 4 is 23.5 Å². The molecule has 0 spiro atoms. The number of carboxylic acid groups (broad SMARTS) is 1. The van der Waals surface area contributed by atoms with Gasteiger partial charge in [-0.1, -0.05) is 11.6 Å². The Balaban J connectivity index is 1.90. The van der Waals surface area contributed by atoms with Crippen LogP contribution < -0.4 is 9.47 Å². The molecular formula is C14H14ClNO6. The summed E-state index contributed by atoms with van der Waals surface area (Å²) in [5, 5.41) is 9.54. The molecule has 0 aliphatic carbocycles. The van der Waals surface area contributed by atoms with E-state index >= 15 is 0 Å². The number of fused-ring (bicyclic) bond motifs is 1. The highest BCUT2D eigenvalue weighted by atomic mass is 35.5. The van der Waals surface area contributed by atoms with Crippen molar-refractivity contribution in [2.45, 2.75) is 18.6 Å². The third-order valence-corrected chi connectivity index (χ3v) is 4.10. The number of amides is 1. The summed E-state index contributed by atoms with van der Waals surface area (Å²) >= 11 is 6.06. The van der Waals surface area contributed by atoms with Crippen molar-refractivity contribution in [2.75, 3.05) is 20.4 Å². The van der Waals surface area contributed by atoms with Crippen LogP contribution in [0.1, 0.15) is 16.8 Å². The molecule has 2 heterocycles. The number of rotatable bonds is 3. The predicted molar refractivity (Wildman–Crippen MR) is 75.4 cm³/mol. The van der Waals surface area contributed by atoms with Gasteiger partial charge in [-0.2, -0.15) is 0 Å². The van der Waals surface area contributed by atoms with Crippen LogP contribution in [-0.4, -0.2) is 54.5 Å². The van der Waals surface area contributed by atoms with Crippen LogP contribution in [0.5, 0.6) is 11.5 Å².